The van der Waals surface area contributed by atoms with E-state index in [0.29, 0.717) is 17.3 Å². The van der Waals surface area contributed by atoms with Gasteiger partial charge in [-0.2, -0.15) is 0 Å². The second-order valence-electron chi connectivity index (χ2n) is 6.25. The van der Waals surface area contributed by atoms with Crippen molar-refractivity contribution >= 4 is 23.3 Å². The molecule has 1 aromatic heterocycles. The van der Waals surface area contributed by atoms with E-state index in [-0.39, 0.29) is 0 Å². The molecule has 0 saturated heterocycles. The molecule has 2 aromatic rings. The first-order valence-electron chi connectivity index (χ1n) is 7.76. The van der Waals surface area contributed by atoms with Gasteiger partial charge < -0.3 is 19.5 Å². The van der Waals surface area contributed by atoms with Crippen LogP contribution >= 0.6 is 0 Å². The Morgan fingerprint density at radius 3 is 2.40 bits per heavy atom. The summed E-state index contributed by atoms with van der Waals surface area (Å²) in [5, 5.41) is 5.79. The predicted octanol–water partition coefficient (Wildman–Crippen LogP) is 4.19. The number of carbonyl (C=O) groups excluding carboxylic acids is 1. The zero-order valence-corrected chi connectivity index (χ0v) is 15.0. The molecule has 1 heterocycles. The molecular weight excluding hydrogens is 322 g/mol. The fraction of sp³-hybridized carbons (Fsp3) is 0.333. The van der Waals surface area contributed by atoms with Gasteiger partial charge in [-0.05, 0) is 45.0 Å². The van der Waals surface area contributed by atoms with E-state index >= 15 is 0 Å². The van der Waals surface area contributed by atoms with E-state index in [4.69, 9.17) is 14.2 Å². The highest BCUT2D eigenvalue weighted by Crippen LogP contribution is 2.31. The highest BCUT2D eigenvalue weighted by atomic mass is 16.6. The molecule has 0 aliphatic heterocycles. The van der Waals surface area contributed by atoms with Crippen LogP contribution in [0, 0.1) is 0 Å². The molecule has 0 spiro atoms. The first-order chi connectivity index (χ1) is 11.8. The van der Waals surface area contributed by atoms with Crippen molar-refractivity contribution in [3.8, 4) is 11.5 Å². The van der Waals surface area contributed by atoms with Gasteiger partial charge in [0, 0.05) is 6.07 Å². The van der Waals surface area contributed by atoms with Gasteiger partial charge in [-0.15, -0.1) is 0 Å². The Morgan fingerprint density at radius 1 is 1.08 bits per heavy atom. The average molecular weight is 345 g/mol. The van der Waals surface area contributed by atoms with Crippen LogP contribution in [-0.2, 0) is 4.74 Å². The second kappa shape index (κ2) is 7.74. The van der Waals surface area contributed by atoms with Crippen molar-refractivity contribution in [2.24, 2.45) is 0 Å². The molecule has 0 fully saturated rings. The molecule has 1 amide bonds. The first kappa shape index (κ1) is 18.4. The minimum atomic E-state index is -0.559. The van der Waals surface area contributed by atoms with Gasteiger partial charge in [0.05, 0.1) is 31.8 Å². The largest absolute Gasteiger partial charge is 0.497 e. The number of nitrogens with zero attached hydrogens (tertiary/aromatic N) is 1. The Kier molecular flexibility index (Phi) is 5.69. The molecule has 134 valence electrons. The van der Waals surface area contributed by atoms with Crippen molar-refractivity contribution in [2.75, 3.05) is 24.9 Å². The van der Waals surface area contributed by atoms with Crippen molar-refractivity contribution < 1.29 is 19.0 Å². The summed E-state index contributed by atoms with van der Waals surface area (Å²) in [6.07, 6.45) is 1.06. The van der Waals surface area contributed by atoms with Crippen molar-refractivity contribution in [3.05, 3.63) is 36.5 Å². The monoisotopic (exact) mass is 345 g/mol. The van der Waals surface area contributed by atoms with E-state index in [1.165, 1.54) is 0 Å². The molecule has 0 aliphatic rings. The molecule has 0 saturated carbocycles. The summed E-state index contributed by atoms with van der Waals surface area (Å²) in [4.78, 5) is 15.9. The molecule has 0 bridgehead atoms. The summed E-state index contributed by atoms with van der Waals surface area (Å²) < 4.78 is 15.7. The maximum atomic E-state index is 11.7. The lowest BCUT2D eigenvalue weighted by molar-refractivity contribution is 0.0635. The number of amides is 1. The van der Waals surface area contributed by atoms with Crippen LogP contribution in [0.15, 0.2) is 36.5 Å². The minimum absolute atomic E-state index is 0.404. The van der Waals surface area contributed by atoms with Gasteiger partial charge in [-0.3, -0.25) is 5.32 Å². The predicted molar refractivity (Wildman–Crippen MR) is 96.9 cm³/mol. The third-order valence-corrected chi connectivity index (χ3v) is 3.08. The molecule has 2 N–H and O–H groups in total. The smallest absolute Gasteiger partial charge is 0.413 e. The Bertz CT molecular complexity index is 724. The first-order valence-corrected chi connectivity index (χ1v) is 7.76. The molecular formula is C18H23N3O4. The van der Waals surface area contributed by atoms with Crippen LogP contribution in [0.4, 0.5) is 22.0 Å². The van der Waals surface area contributed by atoms with E-state index in [0.717, 1.165) is 11.4 Å². The Morgan fingerprint density at radius 2 is 1.84 bits per heavy atom. The van der Waals surface area contributed by atoms with Gasteiger partial charge >= 0.3 is 6.09 Å². The summed E-state index contributed by atoms with van der Waals surface area (Å²) in [6, 6.07) is 8.95. The number of carbonyl (C=O) groups is 1. The van der Waals surface area contributed by atoms with Gasteiger partial charge in [0.2, 0.25) is 0 Å². The standard InChI is InChI=1S/C18H23N3O4/c1-18(2,3)25-17(22)21-16-9-6-12(11-19-16)20-14-8-7-13(23-4)10-15(14)24-5/h6-11,20H,1-5H3,(H,19,21,22). The van der Waals surface area contributed by atoms with Crippen LogP contribution in [0.5, 0.6) is 11.5 Å². The van der Waals surface area contributed by atoms with Gasteiger partial charge in [0.1, 0.15) is 22.9 Å². The van der Waals surface area contributed by atoms with Gasteiger partial charge in [-0.25, -0.2) is 9.78 Å². The number of methoxy groups -OCH3 is 2. The summed E-state index contributed by atoms with van der Waals surface area (Å²) in [5.41, 5.74) is 0.965. The Balaban J connectivity index is 2.04. The van der Waals surface area contributed by atoms with E-state index < -0.39 is 11.7 Å². The van der Waals surface area contributed by atoms with E-state index in [2.05, 4.69) is 15.6 Å². The van der Waals surface area contributed by atoms with Crippen LogP contribution in [0.2, 0.25) is 0 Å². The van der Waals surface area contributed by atoms with E-state index in [1.54, 1.807) is 59.4 Å². The molecule has 0 radical (unpaired) electrons. The van der Waals surface area contributed by atoms with Gasteiger partial charge in [0.15, 0.2) is 0 Å². The number of pyridine rings is 1. The maximum Gasteiger partial charge on any atom is 0.413 e. The maximum absolute atomic E-state index is 11.7. The highest BCUT2D eigenvalue weighted by molar-refractivity contribution is 5.83. The van der Waals surface area contributed by atoms with Crippen molar-refractivity contribution in [1.82, 2.24) is 4.98 Å². The summed E-state index contributed by atoms with van der Waals surface area (Å²) in [7, 11) is 3.19. The zero-order chi connectivity index (χ0) is 18.4. The van der Waals surface area contributed by atoms with Crippen LogP contribution in [0.25, 0.3) is 0 Å². The van der Waals surface area contributed by atoms with Gasteiger partial charge in [-0.1, -0.05) is 0 Å². The summed E-state index contributed by atoms with van der Waals surface area (Å²) in [6.45, 7) is 5.40. The molecule has 0 aliphatic carbocycles. The number of ether oxygens (including phenoxy) is 3. The molecule has 7 heteroatoms. The Labute approximate surface area is 147 Å². The lowest BCUT2D eigenvalue weighted by Gasteiger charge is -2.19. The quantitative estimate of drug-likeness (QED) is 0.845. The normalized spacial score (nSPS) is 10.8. The van der Waals surface area contributed by atoms with Crippen LogP contribution in [0.3, 0.4) is 0 Å². The van der Waals surface area contributed by atoms with Crippen molar-refractivity contribution in [1.29, 1.82) is 0 Å². The van der Waals surface area contributed by atoms with Crippen LogP contribution < -0.4 is 20.1 Å². The number of nitrogens with one attached hydrogen (secondary N) is 2. The summed E-state index contributed by atoms with van der Waals surface area (Å²) in [5.74, 6) is 1.76. The Hall–Kier alpha value is -2.96. The van der Waals surface area contributed by atoms with E-state index in [9.17, 15) is 4.79 Å². The number of benzene rings is 1. The van der Waals surface area contributed by atoms with Crippen molar-refractivity contribution in [2.45, 2.75) is 26.4 Å². The number of aromatic nitrogens is 1. The van der Waals surface area contributed by atoms with Crippen LogP contribution in [-0.4, -0.2) is 30.9 Å². The number of anilines is 3. The fourth-order valence-electron chi connectivity index (χ4n) is 2.01. The minimum Gasteiger partial charge on any atom is -0.497 e. The summed E-state index contributed by atoms with van der Waals surface area (Å²) >= 11 is 0. The highest BCUT2D eigenvalue weighted by Gasteiger charge is 2.16. The molecule has 7 nitrogen and oxygen atoms in total. The number of hydrogen-bond acceptors (Lipinski definition) is 6. The third-order valence-electron chi connectivity index (χ3n) is 3.08. The number of rotatable bonds is 5. The molecule has 0 atom stereocenters. The SMILES string of the molecule is COc1ccc(Nc2ccc(NC(=O)OC(C)(C)C)nc2)c(OC)c1. The lowest BCUT2D eigenvalue weighted by Crippen LogP contribution is -2.27. The zero-order valence-electron chi connectivity index (χ0n) is 15.0. The lowest BCUT2D eigenvalue weighted by atomic mass is 10.2. The van der Waals surface area contributed by atoms with Gasteiger partial charge in [0.25, 0.3) is 0 Å². The molecule has 25 heavy (non-hydrogen) atoms. The third kappa shape index (κ3) is 5.56. The second-order valence-corrected chi connectivity index (χ2v) is 6.25. The fourth-order valence-corrected chi connectivity index (χ4v) is 2.01. The molecule has 1 aromatic carbocycles. The van der Waals surface area contributed by atoms with E-state index in [1.807, 2.05) is 12.1 Å². The van der Waals surface area contributed by atoms with Crippen molar-refractivity contribution in [3.63, 3.8) is 0 Å². The topological polar surface area (TPSA) is 81.7 Å². The molecule has 0 unspecified atom stereocenters. The molecule has 2 rings (SSSR count). The average Bonchev–Trinajstić information content (AvgIpc) is 2.55. The van der Waals surface area contributed by atoms with Crippen LogP contribution in [0.1, 0.15) is 20.8 Å². The number of hydrogen-bond donors (Lipinski definition) is 2.